The van der Waals surface area contributed by atoms with Gasteiger partial charge in [0.25, 0.3) is 5.91 Å². The quantitative estimate of drug-likeness (QED) is 0.649. The Morgan fingerprint density at radius 2 is 1.68 bits per heavy atom. The zero-order valence-corrected chi connectivity index (χ0v) is 17.8. The molecule has 0 fully saturated rings. The lowest BCUT2D eigenvalue weighted by molar-refractivity contribution is 0.102. The van der Waals surface area contributed by atoms with Crippen LogP contribution in [0.4, 0.5) is 5.69 Å². The van der Waals surface area contributed by atoms with Gasteiger partial charge in [0, 0.05) is 22.0 Å². The predicted molar refractivity (Wildman–Crippen MR) is 106 cm³/mol. The van der Waals surface area contributed by atoms with Crippen LogP contribution in [-0.2, 0) is 10.0 Å². The zero-order valence-electron chi connectivity index (χ0n) is 13.8. The highest BCUT2D eigenvalue weighted by atomic mass is 79.9. The summed E-state index contributed by atoms with van der Waals surface area (Å²) in [7, 11) is -3.63. The summed E-state index contributed by atoms with van der Waals surface area (Å²) in [5.74, 6) is -0.393. The molecule has 0 unspecified atom stereocenters. The molecule has 2 rings (SSSR count). The predicted octanol–water partition coefficient (Wildman–Crippen LogP) is 4.49. The van der Waals surface area contributed by atoms with Crippen molar-refractivity contribution < 1.29 is 13.2 Å². The molecule has 0 saturated heterocycles. The summed E-state index contributed by atoms with van der Waals surface area (Å²) in [5, 5.41) is 2.78. The Labute approximate surface area is 164 Å². The van der Waals surface area contributed by atoms with Crippen molar-refractivity contribution in [3.63, 3.8) is 0 Å². The smallest absolute Gasteiger partial charge is 0.256 e. The molecule has 0 atom stereocenters. The van der Waals surface area contributed by atoms with E-state index in [9.17, 15) is 13.2 Å². The fraction of sp³-hybridized carbons (Fsp3) is 0.235. The highest BCUT2D eigenvalue weighted by Crippen LogP contribution is 2.26. The number of hydrogen-bond donors (Lipinski definition) is 1. The molecule has 8 heteroatoms. The number of nitrogens with one attached hydrogen (secondary N) is 1. The Morgan fingerprint density at radius 1 is 1.04 bits per heavy atom. The highest BCUT2D eigenvalue weighted by molar-refractivity contribution is 9.11. The summed E-state index contributed by atoms with van der Waals surface area (Å²) in [4.78, 5) is 12.7. The largest absolute Gasteiger partial charge is 0.321 e. The van der Waals surface area contributed by atoms with E-state index in [1.165, 1.54) is 16.4 Å². The van der Waals surface area contributed by atoms with Crippen molar-refractivity contribution in [3.05, 3.63) is 57.0 Å². The molecule has 0 saturated carbocycles. The number of carbonyl (C=O) groups is 1. The third-order valence-electron chi connectivity index (χ3n) is 3.65. The van der Waals surface area contributed by atoms with Crippen molar-refractivity contribution in [1.29, 1.82) is 0 Å². The van der Waals surface area contributed by atoms with E-state index in [4.69, 9.17) is 0 Å². The molecule has 2 aromatic rings. The van der Waals surface area contributed by atoms with Crippen molar-refractivity contribution >= 4 is 53.5 Å². The average Bonchev–Trinajstić information content (AvgIpc) is 2.58. The number of halogens is 2. The Bertz CT molecular complexity index is 881. The first-order chi connectivity index (χ1) is 11.8. The minimum absolute atomic E-state index is 0.0941. The summed E-state index contributed by atoms with van der Waals surface area (Å²) in [6.45, 7) is 4.29. The van der Waals surface area contributed by atoms with Crippen LogP contribution >= 0.6 is 31.9 Å². The Morgan fingerprint density at radius 3 is 2.28 bits per heavy atom. The standard InChI is InChI=1S/C17H18Br2N2O3S/c1-3-21(4-2)25(23,24)12-9-10-14(18)13(11-12)17(22)20-16-8-6-5-7-15(16)19/h5-11H,3-4H2,1-2H3,(H,20,22). The van der Waals surface area contributed by atoms with Crippen LogP contribution in [0.25, 0.3) is 0 Å². The molecular formula is C17H18Br2N2O3S. The SMILES string of the molecule is CCN(CC)S(=O)(=O)c1ccc(Br)c(C(=O)Nc2ccccc2Br)c1. The molecule has 25 heavy (non-hydrogen) atoms. The second kappa shape index (κ2) is 8.44. The number of anilines is 1. The second-order valence-corrected chi connectivity index (χ2v) is 8.81. The average molecular weight is 490 g/mol. The van der Waals surface area contributed by atoms with Gasteiger partial charge in [0.15, 0.2) is 0 Å². The molecule has 1 amide bonds. The lowest BCUT2D eigenvalue weighted by Crippen LogP contribution is -2.30. The van der Waals surface area contributed by atoms with Crippen LogP contribution in [0.15, 0.2) is 56.3 Å². The fourth-order valence-corrected chi connectivity index (χ4v) is 4.60. The molecule has 0 radical (unpaired) electrons. The Balaban J connectivity index is 2.39. The van der Waals surface area contributed by atoms with Crippen molar-refractivity contribution in [1.82, 2.24) is 4.31 Å². The number of hydrogen-bond acceptors (Lipinski definition) is 3. The lowest BCUT2D eigenvalue weighted by Gasteiger charge is -2.19. The molecule has 0 heterocycles. The van der Waals surface area contributed by atoms with Gasteiger partial charge in [0.1, 0.15) is 0 Å². The van der Waals surface area contributed by atoms with Crippen LogP contribution < -0.4 is 5.32 Å². The minimum Gasteiger partial charge on any atom is -0.321 e. The Kier molecular flexibility index (Phi) is 6.79. The maximum atomic E-state index is 12.7. The van der Waals surface area contributed by atoms with Crippen molar-refractivity contribution in [3.8, 4) is 0 Å². The molecule has 134 valence electrons. The zero-order chi connectivity index (χ0) is 18.6. The van der Waals surface area contributed by atoms with Gasteiger partial charge in [-0.2, -0.15) is 4.31 Å². The molecule has 5 nitrogen and oxygen atoms in total. The number of rotatable bonds is 6. The first-order valence-corrected chi connectivity index (χ1v) is 10.7. The molecule has 0 aliphatic rings. The molecule has 0 spiro atoms. The first kappa shape index (κ1) is 20.1. The second-order valence-electron chi connectivity index (χ2n) is 5.16. The third kappa shape index (κ3) is 4.49. The highest BCUT2D eigenvalue weighted by Gasteiger charge is 2.24. The maximum Gasteiger partial charge on any atom is 0.256 e. The number of carbonyl (C=O) groups excluding carboxylic acids is 1. The van der Waals surface area contributed by atoms with Crippen molar-refractivity contribution in [2.75, 3.05) is 18.4 Å². The van der Waals surface area contributed by atoms with Crippen LogP contribution in [0.3, 0.4) is 0 Å². The monoisotopic (exact) mass is 488 g/mol. The summed E-state index contributed by atoms with van der Waals surface area (Å²) >= 11 is 6.69. The molecule has 0 aromatic heterocycles. The summed E-state index contributed by atoms with van der Waals surface area (Å²) in [5.41, 5.74) is 0.861. The summed E-state index contributed by atoms with van der Waals surface area (Å²) in [6, 6.07) is 11.7. The van der Waals surface area contributed by atoms with Gasteiger partial charge in [-0.15, -0.1) is 0 Å². The third-order valence-corrected chi connectivity index (χ3v) is 7.08. The molecule has 1 N–H and O–H groups in total. The van der Waals surface area contributed by atoms with E-state index < -0.39 is 15.9 Å². The Hall–Kier alpha value is -1.22. The first-order valence-electron chi connectivity index (χ1n) is 7.66. The van der Waals surface area contributed by atoms with Crippen LogP contribution in [0, 0.1) is 0 Å². The molecule has 0 bridgehead atoms. The van der Waals surface area contributed by atoms with Crippen molar-refractivity contribution in [2.45, 2.75) is 18.7 Å². The van der Waals surface area contributed by atoms with Crippen LogP contribution in [-0.4, -0.2) is 31.7 Å². The van der Waals surface area contributed by atoms with Crippen molar-refractivity contribution in [2.24, 2.45) is 0 Å². The maximum absolute atomic E-state index is 12.7. The van der Waals surface area contributed by atoms with E-state index in [1.54, 1.807) is 32.0 Å². The molecule has 0 aliphatic carbocycles. The number of sulfonamides is 1. The van der Waals surface area contributed by atoms with Gasteiger partial charge >= 0.3 is 0 Å². The molecule has 2 aromatic carbocycles. The number of para-hydroxylation sites is 1. The van der Waals surface area contributed by atoms with E-state index in [0.29, 0.717) is 23.2 Å². The van der Waals surface area contributed by atoms with E-state index in [0.717, 1.165) is 4.47 Å². The summed E-state index contributed by atoms with van der Waals surface area (Å²) < 4.78 is 27.9. The van der Waals surface area contributed by atoms with E-state index in [-0.39, 0.29) is 10.5 Å². The number of amides is 1. The topological polar surface area (TPSA) is 66.5 Å². The van der Waals surface area contributed by atoms with Gasteiger partial charge in [0.2, 0.25) is 10.0 Å². The molecule has 0 aliphatic heterocycles. The van der Waals surface area contributed by atoms with Gasteiger partial charge in [-0.3, -0.25) is 4.79 Å². The normalized spacial score (nSPS) is 11.6. The van der Waals surface area contributed by atoms with Gasteiger partial charge < -0.3 is 5.32 Å². The van der Waals surface area contributed by atoms with Crippen LogP contribution in [0.1, 0.15) is 24.2 Å². The number of benzene rings is 2. The van der Waals surface area contributed by atoms with E-state index in [1.807, 2.05) is 12.1 Å². The summed E-state index contributed by atoms with van der Waals surface area (Å²) in [6.07, 6.45) is 0. The van der Waals surface area contributed by atoms with Gasteiger partial charge in [-0.25, -0.2) is 8.42 Å². The van der Waals surface area contributed by atoms with E-state index in [2.05, 4.69) is 37.2 Å². The lowest BCUT2D eigenvalue weighted by atomic mass is 10.2. The molecular weight excluding hydrogens is 472 g/mol. The minimum atomic E-state index is -3.63. The van der Waals surface area contributed by atoms with Gasteiger partial charge in [-0.1, -0.05) is 26.0 Å². The van der Waals surface area contributed by atoms with Gasteiger partial charge in [0.05, 0.1) is 16.1 Å². The fourth-order valence-electron chi connectivity index (χ4n) is 2.30. The van der Waals surface area contributed by atoms with E-state index >= 15 is 0 Å². The number of nitrogens with zero attached hydrogens (tertiary/aromatic N) is 1. The van der Waals surface area contributed by atoms with Crippen LogP contribution in [0.2, 0.25) is 0 Å². The van der Waals surface area contributed by atoms with Gasteiger partial charge in [-0.05, 0) is 62.2 Å². The van der Waals surface area contributed by atoms with Crippen LogP contribution in [0.5, 0.6) is 0 Å².